The normalized spacial score (nSPS) is 12.0. The molecule has 0 spiro atoms. The lowest BCUT2D eigenvalue weighted by Crippen LogP contribution is -2.45. The summed E-state index contributed by atoms with van der Waals surface area (Å²) in [5.74, 6) is 0. The van der Waals surface area contributed by atoms with Crippen molar-refractivity contribution in [2.45, 2.75) is 116 Å². The Morgan fingerprint density at radius 2 is 0.714 bits per heavy atom. The van der Waals surface area contributed by atoms with Gasteiger partial charge >= 0.3 is 8.80 Å². The van der Waals surface area contributed by atoms with Gasteiger partial charge in [0, 0.05) is 6.04 Å². The highest BCUT2D eigenvalue weighted by atomic mass is 28.4. The Kier molecular flexibility index (Phi) is 21.7. The quantitative estimate of drug-likeness (QED) is 0.0771. The summed E-state index contributed by atoms with van der Waals surface area (Å²) in [4.78, 5) is 14.2. The lowest BCUT2D eigenvalue weighted by Gasteiger charge is -2.23. The van der Waals surface area contributed by atoms with E-state index in [0.717, 1.165) is 12.8 Å². The molecule has 7 heteroatoms. The van der Waals surface area contributed by atoms with Crippen molar-refractivity contribution in [3.05, 3.63) is 0 Å². The summed E-state index contributed by atoms with van der Waals surface area (Å²) < 4.78 is 15.5. The number of hydrogen-bond donors (Lipinski definition) is 0. The van der Waals surface area contributed by atoms with Gasteiger partial charge in [0.15, 0.2) is 0 Å². The molecular weight excluding hydrogens is 376 g/mol. The van der Waals surface area contributed by atoms with Crippen LogP contribution in [-0.2, 0) is 28.4 Å². The first kappa shape index (κ1) is 28.0. The third-order valence-corrected chi connectivity index (χ3v) is 7.20. The molecule has 6 nitrogen and oxygen atoms in total. The summed E-state index contributed by atoms with van der Waals surface area (Å²) in [6.45, 7) is 2.28. The largest absolute Gasteiger partial charge is 0.584 e. The fourth-order valence-electron chi connectivity index (χ4n) is 3.44. The van der Waals surface area contributed by atoms with E-state index in [9.17, 15) is 0 Å². The number of rotatable bonds is 23. The zero-order valence-electron chi connectivity index (χ0n) is 19.0. The van der Waals surface area contributed by atoms with Gasteiger partial charge in [0.05, 0.1) is 21.3 Å². The SMILES string of the molecule is CCCCCCCCCCCCCCCCCC[Si](OOC)(OOC)OOC. The zero-order chi connectivity index (χ0) is 20.8. The first-order chi connectivity index (χ1) is 13.7. The molecule has 0 aromatic heterocycles. The van der Waals surface area contributed by atoms with E-state index in [1.54, 1.807) is 0 Å². The molecule has 0 atom stereocenters. The van der Waals surface area contributed by atoms with E-state index in [2.05, 4.69) is 6.92 Å². The maximum absolute atomic E-state index is 5.18. The molecule has 0 saturated heterocycles. The van der Waals surface area contributed by atoms with Gasteiger partial charge in [-0.15, -0.1) is 0 Å². The lowest BCUT2D eigenvalue weighted by atomic mass is 10.0. The van der Waals surface area contributed by atoms with Gasteiger partial charge in [0.25, 0.3) is 0 Å². The van der Waals surface area contributed by atoms with Crippen LogP contribution in [0.5, 0.6) is 0 Å². The van der Waals surface area contributed by atoms with Crippen LogP contribution in [0.1, 0.15) is 110 Å². The number of hydrogen-bond acceptors (Lipinski definition) is 6. The molecule has 0 saturated carbocycles. The smallest absolute Gasteiger partial charge is 0.246 e. The van der Waals surface area contributed by atoms with E-state index in [1.807, 2.05) is 0 Å². The van der Waals surface area contributed by atoms with Gasteiger partial charge in [0.2, 0.25) is 0 Å². The maximum Gasteiger partial charge on any atom is 0.584 e. The first-order valence-corrected chi connectivity index (χ1v) is 13.3. The Morgan fingerprint density at radius 1 is 0.429 bits per heavy atom. The summed E-state index contributed by atoms with van der Waals surface area (Å²) in [6, 6.07) is 0.598. The van der Waals surface area contributed by atoms with Gasteiger partial charge in [-0.1, -0.05) is 103 Å². The van der Waals surface area contributed by atoms with E-state index in [-0.39, 0.29) is 0 Å². The van der Waals surface area contributed by atoms with Crippen molar-refractivity contribution in [3.63, 3.8) is 0 Å². The molecule has 0 aliphatic rings. The molecule has 0 aliphatic carbocycles. The molecular formula is C21H46O6Si. The second kappa shape index (κ2) is 21.7. The zero-order valence-corrected chi connectivity index (χ0v) is 20.0. The molecule has 0 fully saturated rings. The van der Waals surface area contributed by atoms with Crippen LogP contribution in [0.15, 0.2) is 0 Å². The third kappa shape index (κ3) is 16.9. The molecule has 28 heavy (non-hydrogen) atoms. The third-order valence-electron chi connectivity index (χ3n) is 4.97. The Hall–Kier alpha value is -0.0231. The van der Waals surface area contributed by atoms with E-state index < -0.39 is 8.80 Å². The predicted octanol–water partition coefficient (Wildman–Crippen LogP) is 6.92. The second-order valence-corrected chi connectivity index (χ2v) is 9.85. The summed E-state index contributed by atoms with van der Waals surface area (Å²) >= 11 is 0. The minimum Gasteiger partial charge on any atom is -0.246 e. The molecule has 170 valence electrons. The van der Waals surface area contributed by atoms with Crippen molar-refractivity contribution >= 4 is 8.80 Å². The average Bonchev–Trinajstić information content (AvgIpc) is 2.68. The molecule has 0 rings (SSSR count). The molecule has 0 amide bonds. The van der Waals surface area contributed by atoms with Crippen LogP contribution < -0.4 is 0 Å². The second-order valence-electron chi connectivity index (χ2n) is 7.49. The summed E-state index contributed by atoms with van der Waals surface area (Å²) in [5, 5.41) is 0. The molecule has 0 aromatic carbocycles. The number of unbranched alkanes of at least 4 members (excludes halogenated alkanes) is 15. The van der Waals surface area contributed by atoms with Gasteiger partial charge in [-0.2, -0.15) is 0 Å². The molecule has 0 N–H and O–H groups in total. The topological polar surface area (TPSA) is 55.4 Å². The van der Waals surface area contributed by atoms with E-state index in [0.29, 0.717) is 6.04 Å². The summed E-state index contributed by atoms with van der Waals surface area (Å²) in [6.07, 6.45) is 21.3. The van der Waals surface area contributed by atoms with Crippen LogP contribution in [0, 0.1) is 0 Å². The van der Waals surface area contributed by atoms with Gasteiger partial charge in [-0.3, -0.25) is 0 Å². The van der Waals surface area contributed by atoms with Crippen molar-refractivity contribution in [2.24, 2.45) is 0 Å². The van der Waals surface area contributed by atoms with Crippen LogP contribution in [0.4, 0.5) is 0 Å². The fourth-order valence-corrected chi connectivity index (χ4v) is 5.22. The molecule has 0 heterocycles. The van der Waals surface area contributed by atoms with Crippen LogP contribution in [-0.4, -0.2) is 30.1 Å². The molecule has 0 radical (unpaired) electrons. The van der Waals surface area contributed by atoms with Crippen molar-refractivity contribution in [1.29, 1.82) is 0 Å². The Balaban J connectivity index is 3.46. The lowest BCUT2D eigenvalue weighted by molar-refractivity contribution is -0.343. The van der Waals surface area contributed by atoms with Crippen LogP contribution in [0.2, 0.25) is 6.04 Å². The van der Waals surface area contributed by atoms with Crippen molar-refractivity contribution in [3.8, 4) is 0 Å². The van der Waals surface area contributed by atoms with Gasteiger partial charge in [-0.25, -0.2) is 28.4 Å². The van der Waals surface area contributed by atoms with Crippen LogP contribution in [0.3, 0.4) is 0 Å². The van der Waals surface area contributed by atoms with Crippen molar-refractivity contribution < 1.29 is 28.4 Å². The standard InChI is InChI=1S/C21H46O6Si/c1-5-6-7-8-9-10-11-12-13-14-15-16-17-18-19-20-21-28(25-22-2,26-23-3)27-24-4/h5-21H2,1-4H3. The Morgan fingerprint density at radius 3 is 1.00 bits per heavy atom. The summed E-state index contributed by atoms with van der Waals surface area (Å²) in [5.41, 5.74) is 0. The summed E-state index contributed by atoms with van der Waals surface area (Å²) in [7, 11) is 1.20. The van der Waals surface area contributed by atoms with E-state index in [1.165, 1.54) is 111 Å². The van der Waals surface area contributed by atoms with Crippen LogP contribution >= 0.6 is 0 Å². The highest BCUT2D eigenvalue weighted by molar-refractivity contribution is 6.59. The average molecular weight is 423 g/mol. The molecule has 0 bridgehead atoms. The van der Waals surface area contributed by atoms with Crippen LogP contribution in [0.25, 0.3) is 0 Å². The predicted molar refractivity (Wildman–Crippen MR) is 114 cm³/mol. The maximum atomic E-state index is 5.18. The Bertz CT molecular complexity index is 290. The minimum absolute atomic E-state index is 0.598. The molecule has 0 aromatic rings. The van der Waals surface area contributed by atoms with Crippen molar-refractivity contribution in [1.82, 2.24) is 0 Å². The first-order valence-electron chi connectivity index (χ1n) is 11.4. The minimum atomic E-state index is -3.07. The Labute approximate surface area is 174 Å². The monoisotopic (exact) mass is 422 g/mol. The van der Waals surface area contributed by atoms with E-state index >= 15 is 0 Å². The molecule has 0 aliphatic heterocycles. The van der Waals surface area contributed by atoms with Gasteiger partial charge in [0.1, 0.15) is 0 Å². The van der Waals surface area contributed by atoms with Gasteiger partial charge < -0.3 is 0 Å². The van der Waals surface area contributed by atoms with E-state index in [4.69, 9.17) is 28.4 Å². The molecule has 0 unspecified atom stereocenters. The highest BCUT2D eigenvalue weighted by Crippen LogP contribution is 2.21. The highest BCUT2D eigenvalue weighted by Gasteiger charge is 2.46. The van der Waals surface area contributed by atoms with Crippen molar-refractivity contribution in [2.75, 3.05) is 21.3 Å². The fraction of sp³-hybridized carbons (Fsp3) is 1.00. The van der Waals surface area contributed by atoms with Gasteiger partial charge in [-0.05, 0) is 6.42 Å².